The molecular weight excluding hydrogens is 388 g/mol. The summed E-state index contributed by atoms with van der Waals surface area (Å²) in [5.74, 6) is 1.59. The van der Waals surface area contributed by atoms with Gasteiger partial charge in [0.25, 0.3) is 11.5 Å². The molecular formula is C20H18N6O4. The molecule has 10 heteroatoms. The summed E-state index contributed by atoms with van der Waals surface area (Å²) in [6, 6.07) is 6.76. The maximum atomic E-state index is 12.7. The van der Waals surface area contributed by atoms with Crippen molar-refractivity contribution >= 4 is 11.7 Å². The number of anilines is 1. The second-order valence-corrected chi connectivity index (χ2v) is 7.25. The molecule has 10 nitrogen and oxygen atoms in total. The number of aromatic amines is 1. The monoisotopic (exact) mass is 406 g/mol. The molecule has 152 valence electrons. The molecule has 0 saturated heterocycles. The minimum atomic E-state index is -0.455. The Balaban J connectivity index is 1.54. The lowest BCUT2D eigenvalue weighted by atomic mass is 10.3. The summed E-state index contributed by atoms with van der Waals surface area (Å²) in [5, 5.41) is 11.1. The summed E-state index contributed by atoms with van der Waals surface area (Å²) in [4.78, 5) is 32.1. The van der Waals surface area contributed by atoms with Crippen LogP contribution in [-0.2, 0) is 0 Å². The van der Waals surface area contributed by atoms with Gasteiger partial charge < -0.3 is 14.3 Å². The number of nitrogens with zero attached hydrogens (tertiary/aromatic N) is 4. The van der Waals surface area contributed by atoms with Crippen LogP contribution in [0.1, 0.15) is 46.3 Å². The smallest absolute Gasteiger partial charge is 0.279 e. The van der Waals surface area contributed by atoms with Gasteiger partial charge in [0, 0.05) is 29.3 Å². The van der Waals surface area contributed by atoms with E-state index in [1.807, 2.05) is 0 Å². The van der Waals surface area contributed by atoms with Crippen molar-refractivity contribution in [3.8, 4) is 17.4 Å². The molecule has 2 N–H and O–H groups in total. The van der Waals surface area contributed by atoms with E-state index in [-0.39, 0.29) is 17.2 Å². The molecule has 1 amide bonds. The fraction of sp³-hybridized carbons (Fsp3) is 0.250. The van der Waals surface area contributed by atoms with Gasteiger partial charge in [0.1, 0.15) is 17.3 Å². The number of H-pyrrole nitrogens is 1. The molecule has 4 aromatic rings. The average Bonchev–Trinajstić information content (AvgIpc) is 3.15. The van der Waals surface area contributed by atoms with Gasteiger partial charge in [0.05, 0.1) is 6.26 Å². The fourth-order valence-corrected chi connectivity index (χ4v) is 3.04. The van der Waals surface area contributed by atoms with Gasteiger partial charge in [-0.25, -0.2) is 4.98 Å². The first-order valence-corrected chi connectivity index (χ1v) is 9.49. The summed E-state index contributed by atoms with van der Waals surface area (Å²) >= 11 is 0. The molecule has 5 rings (SSSR count). The first kappa shape index (κ1) is 18.1. The summed E-state index contributed by atoms with van der Waals surface area (Å²) in [5.41, 5.74) is 1.43. The summed E-state index contributed by atoms with van der Waals surface area (Å²) in [6.45, 7) is 3.42. The van der Waals surface area contributed by atoms with E-state index >= 15 is 0 Å². The minimum Gasteiger partial charge on any atom is -0.463 e. The van der Waals surface area contributed by atoms with E-state index in [2.05, 4.69) is 25.5 Å². The molecule has 0 atom stereocenters. The number of rotatable bonds is 5. The number of aromatic nitrogens is 5. The SMILES string of the molecule is Cc1nc(-n2nc(-c3ccco3)cc2NC(=O)c2cc(C3CC3)on2)[nH]c(=O)c1C. The van der Waals surface area contributed by atoms with Crippen molar-refractivity contribution in [3.05, 3.63) is 63.6 Å². The quantitative estimate of drug-likeness (QED) is 0.521. The van der Waals surface area contributed by atoms with E-state index in [9.17, 15) is 9.59 Å². The van der Waals surface area contributed by atoms with Crippen LogP contribution >= 0.6 is 0 Å². The van der Waals surface area contributed by atoms with Crippen LogP contribution < -0.4 is 10.9 Å². The van der Waals surface area contributed by atoms with Crippen molar-refractivity contribution in [2.75, 3.05) is 5.32 Å². The fourth-order valence-electron chi connectivity index (χ4n) is 3.04. The Morgan fingerprint density at radius 3 is 2.83 bits per heavy atom. The molecule has 1 aliphatic rings. The number of nitrogens with one attached hydrogen (secondary N) is 2. The normalized spacial score (nSPS) is 13.5. The number of hydrogen-bond acceptors (Lipinski definition) is 7. The molecule has 1 aliphatic carbocycles. The van der Waals surface area contributed by atoms with Crippen LogP contribution in [0.4, 0.5) is 5.82 Å². The Labute approximate surface area is 169 Å². The van der Waals surface area contributed by atoms with Gasteiger partial charge >= 0.3 is 0 Å². The number of furan rings is 1. The Morgan fingerprint density at radius 2 is 2.13 bits per heavy atom. The Bertz CT molecular complexity index is 1290. The molecule has 30 heavy (non-hydrogen) atoms. The van der Waals surface area contributed by atoms with Gasteiger partial charge in [-0.05, 0) is 38.8 Å². The van der Waals surface area contributed by atoms with E-state index in [4.69, 9.17) is 8.94 Å². The van der Waals surface area contributed by atoms with Crippen LogP contribution in [0.25, 0.3) is 17.4 Å². The highest BCUT2D eigenvalue weighted by Gasteiger charge is 2.29. The minimum absolute atomic E-state index is 0.172. The summed E-state index contributed by atoms with van der Waals surface area (Å²) < 4.78 is 12.0. The zero-order valence-corrected chi connectivity index (χ0v) is 16.3. The summed E-state index contributed by atoms with van der Waals surface area (Å²) in [7, 11) is 0. The molecule has 0 aliphatic heterocycles. The predicted molar refractivity (Wildman–Crippen MR) is 106 cm³/mol. The zero-order chi connectivity index (χ0) is 20.8. The molecule has 0 aromatic carbocycles. The number of carbonyl (C=O) groups is 1. The third-order valence-corrected chi connectivity index (χ3v) is 5.05. The second kappa shape index (κ2) is 6.83. The first-order chi connectivity index (χ1) is 14.5. The lowest BCUT2D eigenvalue weighted by molar-refractivity contribution is 0.101. The predicted octanol–water partition coefficient (Wildman–Crippen LogP) is 2.95. The average molecular weight is 406 g/mol. The largest absolute Gasteiger partial charge is 0.463 e. The van der Waals surface area contributed by atoms with Gasteiger partial charge in [-0.1, -0.05) is 5.16 Å². The third-order valence-electron chi connectivity index (χ3n) is 5.05. The molecule has 4 heterocycles. The topological polar surface area (TPSA) is 132 Å². The number of hydrogen-bond donors (Lipinski definition) is 2. The van der Waals surface area contributed by atoms with Crippen LogP contribution in [0.5, 0.6) is 0 Å². The highest BCUT2D eigenvalue weighted by molar-refractivity contribution is 6.02. The lowest BCUT2D eigenvalue weighted by Gasteiger charge is -2.08. The number of carbonyl (C=O) groups excluding carboxylic acids is 1. The highest BCUT2D eigenvalue weighted by atomic mass is 16.5. The van der Waals surface area contributed by atoms with E-state index in [0.717, 1.165) is 12.8 Å². The third kappa shape index (κ3) is 3.21. The van der Waals surface area contributed by atoms with Crippen molar-refractivity contribution in [2.45, 2.75) is 32.6 Å². The Hall–Kier alpha value is -3.95. The second-order valence-electron chi connectivity index (χ2n) is 7.25. The van der Waals surface area contributed by atoms with E-state index < -0.39 is 5.91 Å². The molecule has 0 spiro atoms. The van der Waals surface area contributed by atoms with Crippen LogP contribution in [0.3, 0.4) is 0 Å². The van der Waals surface area contributed by atoms with Crippen molar-refractivity contribution in [1.29, 1.82) is 0 Å². The molecule has 1 saturated carbocycles. The zero-order valence-electron chi connectivity index (χ0n) is 16.3. The molecule has 1 fully saturated rings. The van der Waals surface area contributed by atoms with Gasteiger partial charge in [0.15, 0.2) is 11.5 Å². The van der Waals surface area contributed by atoms with Crippen molar-refractivity contribution < 1.29 is 13.7 Å². The van der Waals surface area contributed by atoms with Crippen molar-refractivity contribution in [1.82, 2.24) is 24.9 Å². The van der Waals surface area contributed by atoms with E-state index in [0.29, 0.717) is 40.2 Å². The maximum Gasteiger partial charge on any atom is 0.279 e. The number of amides is 1. The number of aryl methyl sites for hydroxylation is 1. The molecule has 4 aromatic heterocycles. The van der Waals surface area contributed by atoms with Crippen molar-refractivity contribution in [2.24, 2.45) is 0 Å². The van der Waals surface area contributed by atoms with Crippen LogP contribution in [-0.4, -0.2) is 30.8 Å². The van der Waals surface area contributed by atoms with Crippen LogP contribution in [0.2, 0.25) is 0 Å². The van der Waals surface area contributed by atoms with Crippen molar-refractivity contribution in [3.63, 3.8) is 0 Å². The lowest BCUT2D eigenvalue weighted by Crippen LogP contribution is -2.21. The van der Waals surface area contributed by atoms with Gasteiger partial charge in [-0.15, -0.1) is 0 Å². The van der Waals surface area contributed by atoms with Gasteiger partial charge in [-0.3, -0.25) is 14.6 Å². The van der Waals surface area contributed by atoms with Gasteiger partial charge in [0.2, 0.25) is 5.95 Å². The molecule has 0 unspecified atom stereocenters. The Morgan fingerprint density at radius 1 is 1.30 bits per heavy atom. The summed E-state index contributed by atoms with van der Waals surface area (Å²) in [6.07, 6.45) is 3.61. The first-order valence-electron chi connectivity index (χ1n) is 9.49. The van der Waals surface area contributed by atoms with Gasteiger partial charge in [-0.2, -0.15) is 9.78 Å². The van der Waals surface area contributed by atoms with Crippen LogP contribution in [0.15, 0.2) is 44.3 Å². The highest BCUT2D eigenvalue weighted by Crippen LogP contribution is 2.40. The Kier molecular flexibility index (Phi) is 4.12. The van der Waals surface area contributed by atoms with Crippen LogP contribution in [0, 0.1) is 13.8 Å². The van der Waals surface area contributed by atoms with E-state index in [1.54, 1.807) is 38.1 Å². The standard InChI is InChI=1S/C20H18N6O4/c1-10-11(2)21-20(23-18(10)27)26-17(9-13(24-26)15-4-3-7-29-15)22-19(28)14-8-16(30-25-14)12-5-6-12/h3-4,7-9,12H,5-6H2,1-2H3,(H,22,28)(H,21,23,27). The maximum absolute atomic E-state index is 12.7. The molecule has 0 radical (unpaired) electrons. The van der Waals surface area contributed by atoms with E-state index in [1.165, 1.54) is 10.9 Å². The molecule has 0 bridgehead atoms.